The largest absolute Gasteiger partial charge is 0.367 e. The Kier molecular flexibility index (Phi) is 4.71. The number of benzene rings is 1. The molecule has 1 aromatic carbocycles. The quantitative estimate of drug-likeness (QED) is 0.939. The summed E-state index contributed by atoms with van der Waals surface area (Å²) in [6, 6.07) is 4.79. The van der Waals surface area contributed by atoms with Crippen molar-refractivity contribution in [3.05, 3.63) is 46.3 Å². The molecule has 1 saturated heterocycles. The molecule has 118 valence electrons. The third-order valence-electron chi connectivity index (χ3n) is 3.79. The molecule has 0 saturated carbocycles. The number of H-pyrrole nitrogens is 1. The number of hydrogen-bond donors (Lipinski definition) is 1. The summed E-state index contributed by atoms with van der Waals surface area (Å²) in [5.74, 6) is 1.20. The normalized spacial score (nSPS) is 19.5. The van der Waals surface area contributed by atoms with E-state index in [9.17, 15) is 4.39 Å². The Morgan fingerprint density at radius 1 is 1.50 bits per heavy atom. The van der Waals surface area contributed by atoms with Gasteiger partial charge in [0.25, 0.3) is 0 Å². The van der Waals surface area contributed by atoms with Gasteiger partial charge in [0, 0.05) is 30.2 Å². The number of ether oxygens (including phenoxy) is 1. The fourth-order valence-corrected chi connectivity index (χ4v) is 2.86. The highest BCUT2D eigenvalue weighted by Gasteiger charge is 2.25. The predicted octanol–water partition coefficient (Wildman–Crippen LogP) is 2.52. The van der Waals surface area contributed by atoms with Crippen molar-refractivity contribution in [2.45, 2.75) is 19.4 Å². The maximum atomic E-state index is 13.8. The molecule has 7 heteroatoms. The molecule has 0 radical (unpaired) electrons. The molecule has 3 rings (SSSR count). The minimum absolute atomic E-state index is 0.144. The Morgan fingerprint density at radius 2 is 2.36 bits per heavy atom. The van der Waals surface area contributed by atoms with Crippen LogP contribution in [0.3, 0.4) is 0 Å². The predicted molar refractivity (Wildman–Crippen MR) is 81.4 cm³/mol. The summed E-state index contributed by atoms with van der Waals surface area (Å²) in [5.41, 5.74) is 0.570. The summed E-state index contributed by atoms with van der Waals surface area (Å²) in [5, 5.41) is 7.46. The van der Waals surface area contributed by atoms with Crippen LogP contribution in [-0.2, 0) is 11.2 Å². The molecular formula is C15H18ClFN4O. The molecular weight excluding hydrogens is 307 g/mol. The van der Waals surface area contributed by atoms with Crippen molar-refractivity contribution in [3.63, 3.8) is 0 Å². The molecule has 5 nitrogen and oxygen atoms in total. The topological polar surface area (TPSA) is 54.0 Å². The van der Waals surface area contributed by atoms with Crippen molar-refractivity contribution in [1.82, 2.24) is 20.1 Å². The number of aryl methyl sites for hydroxylation is 1. The lowest BCUT2D eigenvalue weighted by molar-refractivity contribution is -0.0338. The van der Waals surface area contributed by atoms with Gasteiger partial charge in [0.15, 0.2) is 5.82 Å². The van der Waals surface area contributed by atoms with Gasteiger partial charge < -0.3 is 4.74 Å². The zero-order chi connectivity index (χ0) is 15.5. The minimum Gasteiger partial charge on any atom is -0.367 e. The number of nitrogens with zero attached hydrogens (tertiary/aromatic N) is 3. The molecule has 1 atom stereocenters. The molecule has 1 unspecified atom stereocenters. The molecule has 2 aromatic rings. The average Bonchev–Trinajstić information content (AvgIpc) is 2.94. The van der Waals surface area contributed by atoms with Gasteiger partial charge in [-0.2, -0.15) is 5.10 Å². The fourth-order valence-electron chi connectivity index (χ4n) is 2.61. The number of halogens is 2. The first kappa shape index (κ1) is 15.4. The Morgan fingerprint density at radius 3 is 3.09 bits per heavy atom. The molecule has 0 aliphatic carbocycles. The molecule has 1 fully saturated rings. The van der Waals surface area contributed by atoms with Crippen LogP contribution in [-0.4, -0.2) is 46.3 Å². The van der Waals surface area contributed by atoms with E-state index in [2.05, 4.69) is 20.1 Å². The van der Waals surface area contributed by atoms with E-state index in [1.165, 1.54) is 6.07 Å². The maximum Gasteiger partial charge on any atom is 0.180 e. The van der Waals surface area contributed by atoms with E-state index in [0.29, 0.717) is 36.0 Å². The van der Waals surface area contributed by atoms with Crippen LogP contribution < -0.4 is 0 Å². The number of rotatable bonds is 4. The van der Waals surface area contributed by atoms with Crippen LogP contribution in [0.15, 0.2) is 18.2 Å². The zero-order valence-electron chi connectivity index (χ0n) is 12.4. The first-order valence-corrected chi connectivity index (χ1v) is 7.67. The van der Waals surface area contributed by atoms with Crippen molar-refractivity contribution in [3.8, 4) is 0 Å². The van der Waals surface area contributed by atoms with E-state index >= 15 is 0 Å². The van der Waals surface area contributed by atoms with Crippen LogP contribution in [0, 0.1) is 12.7 Å². The van der Waals surface area contributed by atoms with E-state index in [1.807, 2.05) is 6.92 Å². The average molecular weight is 325 g/mol. The lowest BCUT2D eigenvalue weighted by atomic mass is 10.1. The zero-order valence-corrected chi connectivity index (χ0v) is 13.1. The smallest absolute Gasteiger partial charge is 0.180 e. The Balaban J connectivity index is 1.61. The van der Waals surface area contributed by atoms with Crippen LogP contribution in [0.1, 0.15) is 23.3 Å². The highest BCUT2D eigenvalue weighted by atomic mass is 35.5. The van der Waals surface area contributed by atoms with E-state index in [-0.39, 0.29) is 11.9 Å². The molecule has 22 heavy (non-hydrogen) atoms. The Bertz CT molecular complexity index is 628. The second-order valence-corrected chi connectivity index (χ2v) is 5.80. The second kappa shape index (κ2) is 6.73. The van der Waals surface area contributed by atoms with Gasteiger partial charge in [-0.25, -0.2) is 9.37 Å². The molecule has 0 spiro atoms. The summed E-state index contributed by atoms with van der Waals surface area (Å²) >= 11 is 6.07. The SMILES string of the molecule is Cc1nc(C2CN(CCc3c(F)cccc3Cl)CCO2)n[nH]1. The Hall–Kier alpha value is -1.50. The van der Waals surface area contributed by atoms with Gasteiger partial charge in [0.05, 0.1) is 6.61 Å². The Labute approximate surface area is 133 Å². The first-order chi connectivity index (χ1) is 10.6. The summed E-state index contributed by atoms with van der Waals surface area (Å²) in [6.07, 6.45) is 0.431. The molecule has 0 amide bonds. The van der Waals surface area contributed by atoms with Crippen LogP contribution in [0.25, 0.3) is 0 Å². The van der Waals surface area contributed by atoms with E-state index in [4.69, 9.17) is 16.3 Å². The summed E-state index contributed by atoms with van der Waals surface area (Å²) < 4.78 is 19.5. The fraction of sp³-hybridized carbons (Fsp3) is 0.467. The van der Waals surface area contributed by atoms with Gasteiger partial charge in [-0.05, 0) is 25.5 Å². The van der Waals surface area contributed by atoms with E-state index in [0.717, 1.165) is 18.9 Å². The summed E-state index contributed by atoms with van der Waals surface area (Å²) in [6.45, 7) is 4.71. The molecule has 2 heterocycles. The van der Waals surface area contributed by atoms with Crippen molar-refractivity contribution >= 4 is 11.6 Å². The van der Waals surface area contributed by atoms with Crippen LogP contribution >= 0.6 is 11.6 Å². The molecule has 0 bridgehead atoms. The van der Waals surface area contributed by atoms with Gasteiger partial charge >= 0.3 is 0 Å². The van der Waals surface area contributed by atoms with Crippen LogP contribution in [0.4, 0.5) is 4.39 Å². The van der Waals surface area contributed by atoms with Crippen molar-refractivity contribution < 1.29 is 9.13 Å². The highest BCUT2D eigenvalue weighted by Crippen LogP contribution is 2.22. The van der Waals surface area contributed by atoms with Gasteiger partial charge in [0.2, 0.25) is 0 Å². The lowest BCUT2D eigenvalue weighted by Crippen LogP contribution is -2.39. The minimum atomic E-state index is -0.248. The molecule has 1 aliphatic heterocycles. The number of nitrogens with one attached hydrogen (secondary N) is 1. The number of aromatic nitrogens is 3. The standard InChI is InChI=1S/C15H18ClFN4O/c1-10-18-15(20-19-10)14-9-21(7-8-22-14)6-5-11-12(16)3-2-4-13(11)17/h2-4,14H,5-9H2,1H3,(H,18,19,20). The molecule has 1 N–H and O–H groups in total. The third kappa shape index (κ3) is 3.45. The number of aromatic amines is 1. The van der Waals surface area contributed by atoms with E-state index < -0.39 is 0 Å². The lowest BCUT2D eigenvalue weighted by Gasteiger charge is -2.31. The molecule has 1 aromatic heterocycles. The monoisotopic (exact) mass is 324 g/mol. The second-order valence-electron chi connectivity index (χ2n) is 5.39. The van der Waals surface area contributed by atoms with Crippen molar-refractivity contribution in [2.24, 2.45) is 0 Å². The van der Waals surface area contributed by atoms with Crippen molar-refractivity contribution in [2.75, 3.05) is 26.2 Å². The van der Waals surface area contributed by atoms with Gasteiger partial charge in [-0.3, -0.25) is 10.00 Å². The van der Waals surface area contributed by atoms with Crippen molar-refractivity contribution in [1.29, 1.82) is 0 Å². The third-order valence-corrected chi connectivity index (χ3v) is 4.15. The summed E-state index contributed by atoms with van der Waals surface area (Å²) in [4.78, 5) is 6.54. The number of morpholine rings is 1. The van der Waals surface area contributed by atoms with Crippen LogP contribution in [0.5, 0.6) is 0 Å². The van der Waals surface area contributed by atoms with Gasteiger partial charge in [-0.1, -0.05) is 17.7 Å². The highest BCUT2D eigenvalue weighted by molar-refractivity contribution is 6.31. The number of hydrogen-bond acceptors (Lipinski definition) is 4. The first-order valence-electron chi connectivity index (χ1n) is 7.29. The van der Waals surface area contributed by atoms with Gasteiger partial charge in [-0.15, -0.1) is 0 Å². The maximum absolute atomic E-state index is 13.8. The molecule has 1 aliphatic rings. The van der Waals surface area contributed by atoms with Crippen LogP contribution in [0.2, 0.25) is 5.02 Å². The van der Waals surface area contributed by atoms with E-state index in [1.54, 1.807) is 12.1 Å². The van der Waals surface area contributed by atoms with Gasteiger partial charge in [0.1, 0.15) is 17.7 Å². The summed E-state index contributed by atoms with van der Waals surface area (Å²) in [7, 11) is 0.